The first-order valence-corrected chi connectivity index (χ1v) is 12.6. The quantitative estimate of drug-likeness (QED) is 0.555. The number of carbonyl (C=O) groups excluding carboxylic acids is 2. The van der Waals surface area contributed by atoms with Crippen molar-refractivity contribution in [3.8, 4) is 12.3 Å². The second kappa shape index (κ2) is 9.05. The predicted molar refractivity (Wildman–Crippen MR) is 127 cm³/mol. The molecular formula is C26H33F2N5O2. The summed E-state index contributed by atoms with van der Waals surface area (Å²) in [6.07, 6.45) is 11.4. The van der Waals surface area contributed by atoms with E-state index in [-0.39, 0.29) is 11.1 Å². The topological polar surface area (TPSA) is 77.6 Å². The Morgan fingerprint density at radius 3 is 2.49 bits per heavy atom. The average Bonchev–Trinajstić information content (AvgIpc) is 3.73. The summed E-state index contributed by atoms with van der Waals surface area (Å²) in [5.41, 5.74) is -0.440. The van der Waals surface area contributed by atoms with Gasteiger partial charge in [-0.2, -0.15) is 0 Å². The maximum Gasteiger partial charge on any atom is 0.318 e. The first-order valence-electron chi connectivity index (χ1n) is 12.6. The van der Waals surface area contributed by atoms with Crippen LogP contribution in [0.3, 0.4) is 0 Å². The average molecular weight is 486 g/mol. The van der Waals surface area contributed by atoms with Crippen molar-refractivity contribution in [3.05, 3.63) is 30.1 Å². The smallest absolute Gasteiger partial charge is 0.318 e. The molecule has 4 fully saturated rings. The standard InChI is InChI=1S/C26H33F2N5O2/c1-2-25(8-9-25)31-22(34)21(16-26(27,28)15-19-5-3-4-12-29-19)30-23(35)33-17-24(18-33)10-13-32(14-11-24)20-6-7-20/h1,3-5,12,20-21H,6-11,13-18H2,(H,30,35)(H,31,34)/t21-/m0/s1. The second-order valence-electron chi connectivity index (χ2n) is 10.9. The Bertz CT molecular complexity index is 987. The molecule has 2 aliphatic heterocycles. The Hall–Kier alpha value is -2.73. The SMILES string of the molecule is C#CC1(NC(=O)[C@H](CC(F)(F)Cc2ccccn2)NC(=O)N2CC3(CCN(C4CC4)CC3)C2)CC1. The summed E-state index contributed by atoms with van der Waals surface area (Å²) in [6.45, 7) is 3.31. The van der Waals surface area contributed by atoms with Gasteiger partial charge in [0.15, 0.2) is 0 Å². The molecule has 3 amide bonds. The van der Waals surface area contributed by atoms with Crippen LogP contribution in [0.5, 0.6) is 0 Å². The third kappa shape index (κ3) is 5.58. The highest BCUT2D eigenvalue weighted by atomic mass is 19.3. The molecule has 0 radical (unpaired) electrons. The number of alkyl halides is 2. The molecule has 2 aliphatic carbocycles. The number of amides is 3. The van der Waals surface area contributed by atoms with Crippen LogP contribution in [0.1, 0.15) is 50.6 Å². The number of aromatic nitrogens is 1. The highest BCUT2D eigenvalue weighted by molar-refractivity contribution is 5.88. The molecule has 0 aromatic carbocycles. The van der Waals surface area contributed by atoms with Crippen LogP contribution in [0.15, 0.2) is 24.4 Å². The van der Waals surface area contributed by atoms with Crippen LogP contribution in [0, 0.1) is 17.8 Å². The lowest BCUT2D eigenvalue weighted by molar-refractivity contribution is -0.126. The van der Waals surface area contributed by atoms with E-state index in [0.717, 1.165) is 32.0 Å². The van der Waals surface area contributed by atoms with Crippen LogP contribution < -0.4 is 10.6 Å². The fourth-order valence-corrected chi connectivity index (χ4v) is 5.37. The lowest BCUT2D eigenvalue weighted by Gasteiger charge is -2.54. The first-order chi connectivity index (χ1) is 16.7. The van der Waals surface area contributed by atoms with Crippen LogP contribution >= 0.6 is 0 Å². The van der Waals surface area contributed by atoms with Crippen molar-refractivity contribution in [2.45, 2.75) is 74.9 Å². The van der Waals surface area contributed by atoms with Gasteiger partial charge in [0.2, 0.25) is 5.91 Å². The molecule has 0 unspecified atom stereocenters. The number of likely N-dealkylation sites (tertiary alicyclic amines) is 2. The van der Waals surface area contributed by atoms with Gasteiger partial charge in [0.25, 0.3) is 5.92 Å². The minimum atomic E-state index is -3.23. The van der Waals surface area contributed by atoms with Gasteiger partial charge in [-0.3, -0.25) is 9.78 Å². The fraction of sp³-hybridized carbons (Fsp3) is 0.654. The molecule has 1 atom stereocenters. The van der Waals surface area contributed by atoms with Crippen LogP contribution in [-0.4, -0.2) is 76.4 Å². The van der Waals surface area contributed by atoms with Crippen molar-refractivity contribution in [2.75, 3.05) is 26.2 Å². The lowest BCUT2D eigenvalue weighted by atomic mass is 9.72. The molecule has 9 heteroatoms. The van der Waals surface area contributed by atoms with E-state index in [9.17, 15) is 18.4 Å². The maximum absolute atomic E-state index is 15.0. The number of hydrogen-bond donors (Lipinski definition) is 2. The van der Waals surface area contributed by atoms with E-state index in [4.69, 9.17) is 6.42 Å². The summed E-state index contributed by atoms with van der Waals surface area (Å²) in [6, 6.07) is 3.70. The van der Waals surface area contributed by atoms with E-state index < -0.39 is 42.3 Å². The molecule has 0 bridgehead atoms. The Morgan fingerprint density at radius 1 is 1.20 bits per heavy atom. The van der Waals surface area contributed by atoms with E-state index in [2.05, 4.69) is 26.4 Å². The van der Waals surface area contributed by atoms with E-state index in [0.29, 0.717) is 25.9 Å². The number of halogens is 2. The number of piperidine rings is 1. The van der Waals surface area contributed by atoms with Crippen molar-refractivity contribution in [2.24, 2.45) is 5.41 Å². The highest BCUT2D eigenvalue weighted by Crippen LogP contribution is 2.43. The normalized spacial score (nSPS) is 23.6. The summed E-state index contributed by atoms with van der Waals surface area (Å²) in [5.74, 6) is -1.36. The van der Waals surface area contributed by atoms with E-state index >= 15 is 0 Å². The van der Waals surface area contributed by atoms with Crippen molar-refractivity contribution >= 4 is 11.9 Å². The van der Waals surface area contributed by atoms with Crippen LogP contribution in [0.2, 0.25) is 0 Å². The number of pyridine rings is 1. The summed E-state index contributed by atoms with van der Waals surface area (Å²) < 4.78 is 29.9. The Morgan fingerprint density at radius 2 is 1.91 bits per heavy atom. The predicted octanol–water partition coefficient (Wildman–Crippen LogP) is 2.57. The molecule has 188 valence electrons. The molecule has 1 spiro atoms. The molecule has 4 aliphatic rings. The van der Waals surface area contributed by atoms with E-state index in [1.165, 1.54) is 25.1 Å². The van der Waals surface area contributed by atoms with Crippen molar-refractivity contribution in [3.63, 3.8) is 0 Å². The summed E-state index contributed by atoms with van der Waals surface area (Å²) >= 11 is 0. The lowest BCUT2D eigenvalue weighted by Crippen LogP contribution is -2.65. The van der Waals surface area contributed by atoms with Crippen molar-refractivity contribution in [1.29, 1.82) is 0 Å². The molecular weight excluding hydrogens is 452 g/mol. The van der Waals surface area contributed by atoms with Crippen molar-refractivity contribution in [1.82, 2.24) is 25.4 Å². The summed E-state index contributed by atoms with van der Waals surface area (Å²) in [4.78, 5) is 34.1. The Kier molecular flexibility index (Phi) is 6.20. The molecule has 3 heterocycles. The van der Waals surface area contributed by atoms with Gasteiger partial charge in [0.1, 0.15) is 11.6 Å². The highest BCUT2D eigenvalue weighted by Gasteiger charge is 2.50. The Balaban J connectivity index is 1.20. The van der Waals surface area contributed by atoms with Crippen LogP contribution in [-0.2, 0) is 11.2 Å². The van der Waals surface area contributed by atoms with E-state index in [1.807, 2.05) is 0 Å². The molecule has 2 N–H and O–H groups in total. The number of nitrogens with zero attached hydrogens (tertiary/aromatic N) is 3. The van der Waals surface area contributed by atoms with Gasteiger partial charge in [-0.25, -0.2) is 13.6 Å². The van der Waals surface area contributed by atoms with E-state index in [1.54, 1.807) is 17.0 Å². The number of hydrogen-bond acceptors (Lipinski definition) is 4. The fourth-order valence-electron chi connectivity index (χ4n) is 5.37. The Labute approximate surface area is 205 Å². The van der Waals surface area contributed by atoms with Crippen LogP contribution in [0.25, 0.3) is 0 Å². The third-order valence-corrected chi connectivity index (χ3v) is 7.93. The van der Waals surface area contributed by atoms with Crippen molar-refractivity contribution < 1.29 is 18.4 Å². The molecule has 2 saturated heterocycles. The number of rotatable bonds is 8. The second-order valence-corrected chi connectivity index (χ2v) is 10.9. The molecule has 2 saturated carbocycles. The summed E-state index contributed by atoms with van der Waals surface area (Å²) in [7, 11) is 0. The van der Waals surface area contributed by atoms with Gasteiger partial charge in [-0.1, -0.05) is 12.0 Å². The minimum Gasteiger partial charge on any atom is -0.338 e. The van der Waals surface area contributed by atoms with Gasteiger partial charge in [-0.15, -0.1) is 6.42 Å². The van der Waals surface area contributed by atoms with Gasteiger partial charge >= 0.3 is 6.03 Å². The first kappa shape index (κ1) is 24.0. The molecule has 5 rings (SSSR count). The largest absolute Gasteiger partial charge is 0.338 e. The monoisotopic (exact) mass is 485 g/mol. The number of carbonyl (C=O) groups is 2. The zero-order chi connectivity index (χ0) is 24.7. The van der Waals surface area contributed by atoms with Gasteiger partial charge in [0.05, 0.1) is 6.42 Å². The molecule has 1 aromatic heterocycles. The van der Waals surface area contributed by atoms with Crippen LogP contribution in [0.4, 0.5) is 13.6 Å². The third-order valence-electron chi connectivity index (χ3n) is 7.93. The zero-order valence-corrected chi connectivity index (χ0v) is 19.9. The van der Waals surface area contributed by atoms with Gasteiger partial charge < -0.3 is 20.4 Å². The number of urea groups is 1. The maximum atomic E-state index is 15.0. The molecule has 1 aromatic rings. The van der Waals surface area contributed by atoms with Gasteiger partial charge in [-0.05, 0) is 63.7 Å². The number of terminal acetylenes is 1. The molecule has 35 heavy (non-hydrogen) atoms. The number of nitrogens with one attached hydrogen (secondary N) is 2. The molecule has 7 nitrogen and oxygen atoms in total. The minimum absolute atomic E-state index is 0.116. The van der Waals surface area contributed by atoms with Gasteiger partial charge in [0, 0.05) is 42.9 Å². The zero-order valence-electron chi connectivity index (χ0n) is 19.9. The summed E-state index contributed by atoms with van der Waals surface area (Å²) in [5, 5.41) is 5.29.